The van der Waals surface area contributed by atoms with Crippen LogP contribution in [0.2, 0.25) is 0 Å². The number of urea groups is 1. The zero-order valence-corrected chi connectivity index (χ0v) is 15.0. The lowest BCUT2D eigenvalue weighted by Gasteiger charge is -2.41. The first-order chi connectivity index (χ1) is 12.2. The summed E-state index contributed by atoms with van der Waals surface area (Å²) in [5, 5.41) is 2.85. The van der Waals surface area contributed by atoms with Crippen molar-refractivity contribution in [2.75, 3.05) is 39.3 Å². The molecule has 0 radical (unpaired) electrons. The molecule has 25 heavy (non-hydrogen) atoms. The summed E-state index contributed by atoms with van der Waals surface area (Å²) in [6.45, 7) is 6.90. The molecule has 0 aliphatic carbocycles. The van der Waals surface area contributed by atoms with Gasteiger partial charge in [-0.2, -0.15) is 0 Å². The van der Waals surface area contributed by atoms with Crippen LogP contribution in [0.4, 0.5) is 4.79 Å². The average Bonchev–Trinajstić information content (AvgIpc) is 3.17. The van der Waals surface area contributed by atoms with Gasteiger partial charge in [0, 0.05) is 45.8 Å². The first-order valence-electron chi connectivity index (χ1n) is 9.28. The standard InChI is InChI=1S/C19H28N4O2/c1-2-20-19(25)23-13-12-21(14-16-8-4-3-5-9-16)15-17(23)18(24)22-10-6-7-11-22/h3-5,8-9,17H,2,6-7,10-15H2,1H3,(H,20,25). The number of nitrogens with zero attached hydrogens (tertiary/aromatic N) is 3. The summed E-state index contributed by atoms with van der Waals surface area (Å²) in [5.41, 5.74) is 1.24. The number of piperazine rings is 1. The van der Waals surface area contributed by atoms with E-state index in [4.69, 9.17) is 0 Å². The summed E-state index contributed by atoms with van der Waals surface area (Å²) in [6.07, 6.45) is 2.13. The van der Waals surface area contributed by atoms with Crippen LogP contribution in [0.5, 0.6) is 0 Å². The second-order valence-electron chi connectivity index (χ2n) is 6.80. The topological polar surface area (TPSA) is 55.9 Å². The fourth-order valence-corrected chi connectivity index (χ4v) is 3.68. The predicted molar refractivity (Wildman–Crippen MR) is 97.1 cm³/mol. The number of benzene rings is 1. The monoisotopic (exact) mass is 344 g/mol. The molecule has 2 aliphatic rings. The molecule has 0 saturated carbocycles. The quantitative estimate of drug-likeness (QED) is 0.901. The molecule has 3 rings (SSSR count). The average molecular weight is 344 g/mol. The fraction of sp³-hybridized carbons (Fsp3) is 0.579. The minimum Gasteiger partial charge on any atom is -0.341 e. The minimum absolute atomic E-state index is 0.0986. The van der Waals surface area contributed by atoms with Crippen LogP contribution in [0.25, 0.3) is 0 Å². The molecule has 1 aromatic rings. The van der Waals surface area contributed by atoms with Crippen LogP contribution in [-0.2, 0) is 11.3 Å². The number of hydrogen-bond donors (Lipinski definition) is 1. The molecule has 3 amide bonds. The highest BCUT2D eigenvalue weighted by atomic mass is 16.2. The lowest BCUT2D eigenvalue weighted by Crippen LogP contribution is -2.62. The predicted octanol–water partition coefficient (Wildman–Crippen LogP) is 1.52. The van der Waals surface area contributed by atoms with E-state index < -0.39 is 0 Å². The van der Waals surface area contributed by atoms with Crippen molar-refractivity contribution >= 4 is 11.9 Å². The Morgan fingerprint density at radius 1 is 1.08 bits per heavy atom. The summed E-state index contributed by atoms with van der Waals surface area (Å²) < 4.78 is 0. The van der Waals surface area contributed by atoms with E-state index in [1.54, 1.807) is 4.90 Å². The normalized spacial score (nSPS) is 21.4. The molecule has 2 aliphatic heterocycles. The highest BCUT2D eigenvalue weighted by Crippen LogP contribution is 2.18. The molecule has 1 atom stereocenters. The molecule has 1 N–H and O–H groups in total. The van der Waals surface area contributed by atoms with Gasteiger partial charge in [0.1, 0.15) is 6.04 Å². The molecule has 0 aromatic heterocycles. The molecule has 1 unspecified atom stereocenters. The maximum atomic E-state index is 13.0. The summed E-state index contributed by atoms with van der Waals surface area (Å²) >= 11 is 0. The van der Waals surface area contributed by atoms with Crippen molar-refractivity contribution in [1.29, 1.82) is 0 Å². The van der Waals surface area contributed by atoms with Gasteiger partial charge in [-0.15, -0.1) is 0 Å². The highest BCUT2D eigenvalue weighted by Gasteiger charge is 2.38. The van der Waals surface area contributed by atoms with E-state index in [1.165, 1.54) is 5.56 Å². The molecular weight excluding hydrogens is 316 g/mol. The third kappa shape index (κ3) is 4.31. The molecule has 2 saturated heterocycles. The maximum Gasteiger partial charge on any atom is 0.318 e. The van der Waals surface area contributed by atoms with Crippen molar-refractivity contribution in [2.45, 2.75) is 32.4 Å². The van der Waals surface area contributed by atoms with Gasteiger partial charge in [-0.05, 0) is 25.3 Å². The molecule has 0 bridgehead atoms. The van der Waals surface area contributed by atoms with E-state index in [0.29, 0.717) is 19.6 Å². The zero-order valence-electron chi connectivity index (χ0n) is 15.0. The second kappa shape index (κ2) is 8.34. The number of carbonyl (C=O) groups excluding carboxylic acids is 2. The molecule has 0 spiro atoms. The van der Waals surface area contributed by atoms with E-state index >= 15 is 0 Å². The van der Waals surface area contributed by atoms with E-state index in [1.807, 2.05) is 30.0 Å². The molecule has 2 heterocycles. The van der Waals surface area contributed by atoms with Crippen LogP contribution in [0.15, 0.2) is 30.3 Å². The van der Waals surface area contributed by atoms with Crippen molar-refractivity contribution in [3.63, 3.8) is 0 Å². The smallest absolute Gasteiger partial charge is 0.318 e. The largest absolute Gasteiger partial charge is 0.341 e. The third-order valence-electron chi connectivity index (χ3n) is 5.01. The van der Waals surface area contributed by atoms with E-state index in [0.717, 1.165) is 39.0 Å². The number of nitrogens with one attached hydrogen (secondary N) is 1. The molecule has 136 valence electrons. The van der Waals surface area contributed by atoms with E-state index in [2.05, 4.69) is 22.3 Å². The summed E-state index contributed by atoms with van der Waals surface area (Å²) in [7, 11) is 0. The SMILES string of the molecule is CCNC(=O)N1CCN(Cc2ccccc2)CC1C(=O)N1CCCC1. The second-order valence-corrected chi connectivity index (χ2v) is 6.80. The van der Waals surface area contributed by atoms with Gasteiger partial charge in [0.05, 0.1) is 0 Å². The number of amides is 3. The Hall–Kier alpha value is -2.08. The number of likely N-dealkylation sites (tertiary alicyclic amines) is 1. The molecule has 6 heteroatoms. The van der Waals surface area contributed by atoms with Crippen molar-refractivity contribution in [3.8, 4) is 0 Å². The van der Waals surface area contributed by atoms with Gasteiger partial charge in [-0.25, -0.2) is 4.79 Å². The zero-order chi connectivity index (χ0) is 17.6. The van der Waals surface area contributed by atoms with Crippen molar-refractivity contribution in [2.24, 2.45) is 0 Å². The Balaban J connectivity index is 1.71. The van der Waals surface area contributed by atoms with Crippen molar-refractivity contribution in [3.05, 3.63) is 35.9 Å². The van der Waals surface area contributed by atoms with E-state index in [9.17, 15) is 9.59 Å². The van der Waals surface area contributed by atoms with E-state index in [-0.39, 0.29) is 18.0 Å². The van der Waals surface area contributed by atoms with Gasteiger partial charge in [0.25, 0.3) is 0 Å². The number of rotatable bonds is 4. The number of carbonyl (C=O) groups is 2. The Morgan fingerprint density at radius 2 is 1.80 bits per heavy atom. The third-order valence-corrected chi connectivity index (χ3v) is 5.01. The van der Waals surface area contributed by atoms with Gasteiger partial charge in [0.2, 0.25) is 5.91 Å². The van der Waals surface area contributed by atoms with Gasteiger partial charge >= 0.3 is 6.03 Å². The first-order valence-corrected chi connectivity index (χ1v) is 9.28. The van der Waals surface area contributed by atoms with Gasteiger partial charge in [0.15, 0.2) is 0 Å². The van der Waals surface area contributed by atoms with Crippen molar-refractivity contribution < 1.29 is 9.59 Å². The molecule has 2 fully saturated rings. The lowest BCUT2D eigenvalue weighted by molar-refractivity contribution is -0.137. The van der Waals surface area contributed by atoms with Crippen LogP contribution in [0.3, 0.4) is 0 Å². The van der Waals surface area contributed by atoms with Crippen molar-refractivity contribution in [1.82, 2.24) is 20.0 Å². The lowest BCUT2D eigenvalue weighted by atomic mass is 10.1. The summed E-state index contributed by atoms with van der Waals surface area (Å²) in [5.74, 6) is 0.0986. The minimum atomic E-state index is -0.387. The first kappa shape index (κ1) is 17.7. The van der Waals surface area contributed by atoms with Crippen LogP contribution < -0.4 is 5.32 Å². The summed E-state index contributed by atoms with van der Waals surface area (Å²) in [6, 6.07) is 9.78. The Kier molecular flexibility index (Phi) is 5.91. The van der Waals surface area contributed by atoms with Crippen LogP contribution in [0, 0.1) is 0 Å². The molecule has 6 nitrogen and oxygen atoms in total. The Labute approximate surface area is 149 Å². The molecule has 1 aromatic carbocycles. The van der Waals surface area contributed by atoms with Gasteiger partial charge in [-0.3, -0.25) is 9.69 Å². The maximum absolute atomic E-state index is 13.0. The molecular formula is C19H28N4O2. The fourth-order valence-electron chi connectivity index (χ4n) is 3.68. The van der Waals surface area contributed by atoms with Gasteiger partial charge in [-0.1, -0.05) is 30.3 Å². The Bertz CT molecular complexity index is 586. The van der Waals surface area contributed by atoms with Crippen LogP contribution in [-0.4, -0.2) is 71.9 Å². The van der Waals surface area contributed by atoms with Gasteiger partial charge < -0.3 is 15.1 Å². The Morgan fingerprint density at radius 3 is 2.48 bits per heavy atom. The number of hydrogen-bond acceptors (Lipinski definition) is 3. The van der Waals surface area contributed by atoms with Crippen LogP contribution >= 0.6 is 0 Å². The summed E-state index contributed by atoms with van der Waals surface area (Å²) in [4.78, 5) is 31.3. The highest BCUT2D eigenvalue weighted by molar-refractivity contribution is 5.87. The van der Waals surface area contributed by atoms with Crippen LogP contribution in [0.1, 0.15) is 25.3 Å².